The fraction of sp³-hybridized carbons (Fsp3) is 0.333. The van der Waals surface area contributed by atoms with Crippen molar-refractivity contribution in [2.24, 2.45) is 0 Å². The minimum absolute atomic E-state index is 0.0605. The monoisotopic (exact) mass is 366 g/mol. The Bertz CT molecular complexity index is 914. The lowest BCUT2D eigenvalue weighted by Gasteiger charge is -2.27. The van der Waals surface area contributed by atoms with Crippen molar-refractivity contribution in [3.05, 3.63) is 54.1 Å². The first-order chi connectivity index (χ1) is 12.7. The second-order valence-electron chi connectivity index (χ2n) is 6.69. The highest BCUT2D eigenvalue weighted by Crippen LogP contribution is 2.42. The Labute approximate surface area is 157 Å². The van der Waals surface area contributed by atoms with Gasteiger partial charge in [-0.1, -0.05) is 54.5 Å². The molecule has 1 aliphatic carbocycles. The molecule has 0 radical (unpaired) electrons. The summed E-state index contributed by atoms with van der Waals surface area (Å²) in [5.41, 5.74) is 1.55. The van der Waals surface area contributed by atoms with Crippen LogP contribution in [0.4, 0.5) is 5.13 Å². The average molecular weight is 366 g/mol. The van der Waals surface area contributed by atoms with Crippen LogP contribution in [0.15, 0.2) is 48.5 Å². The zero-order valence-corrected chi connectivity index (χ0v) is 15.6. The number of aromatic nitrogens is 1. The molecule has 1 aromatic heterocycles. The topological polar surface area (TPSA) is 51.2 Å². The van der Waals surface area contributed by atoms with E-state index in [0.717, 1.165) is 47.2 Å². The van der Waals surface area contributed by atoms with Crippen molar-refractivity contribution >= 4 is 32.6 Å². The van der Waals surface area contributed by atoms with Crippen LogP contribution < -0.4 is 10.1 Å². The van der Waals surface area contributed by atoms with E-state index in [1.54, 1.807) is 0 Å². The zero-order chi connectivity index (χ0) is 18.0. The van der Waals surface area contributed by atoms with Crippen LogP contribution in [0, 0.1) is 0 Å². The summed E-state index contributed by atoms with van der Waals surface area (Å²) in [5, 5.41) is 3.75. The highest BCUT2D eigenvalue weighted by Gasteiger charge is 2.42. The van der Waals surface area contributed by atoms with E-state index in [0.29, 0.717) is 11.7 Å². The van der Waals surface area contributed by atoms with Crippen LogP contribution in [0.25, 0.3) is 10.2 Å². The molecule has 1 N–H and O–H groups in total. The SMILES string of the molecule is CCOc1ccc2nc(NC(=O)C3(c4ccccc4)CCCC3)sc2c1. The molecule has 3 aromatic rings. The quantitative estimate of drug-likeness (QED) is 0.680. The molecule has 0 aliphatic heterocycles. The molecule has 0 atom stereocenters. The number of nitrogens with zero attached hydrogens (tertiary/aromatic N) is 1. The summed E-state index contributed by atoms with van der Waals surface area (Å²) in [4.78, 5) is 17.8. The molecule has 134 valence electrons. The first-order valence-corrected chi connectivity index (χ1v) is 9.93. The number of nitrogens with one attached hydrogen (secondary N) is 1. The molecule has 26 heavy (non-hydrogen) atoms. The first-order valence-electron chi connectivity index (χ1n) is 9.12. The average Bonchev–Trinajstić information content (AvgIpc) is 3.30. The fourth-order valence-corrected chi connectivity index (χ4v) is 4.70. The minimum Gasteiger partial charge on any atom is -0.494 e. The number of hydrogen-bond acceptors (Lipinski definition) is 4. The molecule has 0 bridgehead atoms. The van der Waals surface area contributed by atoms with Gasteiger partial charge in [0.15, 0.2) is 5.13 Å². The van der Waals surface area contributed by atoms with E-state index in [1.165, 1.54) is 11.3 Å². The molecule has 5 heteroatoms. The van der Waals surface area contributed by atoms with Gasteiger partial charge in [0.25, 0.3) is 0 Å². The van der Waals surface area contributed by atoms with Gasteiger partial charge in [-0.05, 0) is 43.5 Å². The lowest BCUT2D eigenvalue weighted by molar-refractivity contribution is -0.121. The Hall–Kier alpha value is -2.40. The number of amides is 1. The van der Waals surface area contributed by atoms with Crippen molar-refractivity contribution < 1.29 is 9.53 Å². The molecular weight excluding hydrogens is 344 g/mol. The first kappa shape index (κ1) is 17.0. The van der Waals surface area contributed by atoms with Crippen molar-refractivity contribution in [3.8, 4) is 5.75 Å². The number of carbonyl (C=O) groups excluding carboxylic acids is 1. The predicted molar refractivity (Wildman–Crippen MR) is 106 cm³/mol. The Morgan fingerprint density at radius 2 is 1.96 bits per heavy atom. The number of fused-ring (bicyclic) bond motifs is 1. The van der Waals surface area contributed by atoms with Crippen LogP contribution in [-0.2, 0) is 10.2 Å². The lowest BCUT2D eigenvalue weighted by atomic mass is 9.78. The van der Waals surface area contributed by atoms with Gasteiger partial charge in [0.1, 0.15) is 5.75 Å². The number of carbonyl (C=O) groups is 1. The van der Waals surface area contributed by atoms with Gasteiger partial charge in [-0.2, -0.15) is 0 Å². The Morgan fingerprint density at radius 3 is 2.69 bits per heavy atom. The third-order valence-electron chi connectivity index (χ3n) is 5.11. The van der Waals surface area contributed by atoms with Gasteiger partial charge in [-0.3, -0.25) is 4.79 Å². The van der Waals surface area contributed by atoms with Gasteiger partial charge in [0.05, 0.1) is 22.2 Å². The summed E-state index contributed by atoms with van der Waals surface area (Å²) in [6, 6.07) is 16.0. The second-order valence-corrected chi connectivity index (χ2v) is 7.72. The molecule has 0 unspecified atom stereocenters. The maximum absolute atomic E-state index is 13.2. The van der Waals surface area contributed by atoms with Crippen LogP contribution in [0.1, 0.15) is 38.2 Å². The third-order valence-corrected chi connectivity index (χ3v) is 6.04. The molecule has 0 spiro atoms. The molecule has 1 heterocycles. The number of hydrogen-bond donors (Lipinski definition) is 1. The van der Waals surface area contributed by atoms with E-state index in [4.69, 9.17) is 4.74 Å². The molecule has 0 saturated heterocycles. The smallest absolute Gasteiger partial charge is 0.236 e. The van der Waals surface area contributed by atoms with Crippen LogP contribution in [0.3, 0.4) is 0 Å². The molecule has 1 fully saturated rings. The van der Waals surface area contributed by atoms with Gasteiger partial charge in [0, 0.05) is 0 Å². The molecule has 4 rings (SSSR count). The highest BCUT2D eigenvalue weighted by molar-refractivity contribution is 7.22. The van der Waals surface area contributed by atoms with E-state index in [1.807, 2.05) is 43.3 Å². The Morgan fingerprint density at radius 1 is 1.19 bits per heavy atom. The van der Waals surface area contributed by atoms with Crippen molar-refractivity contribution in [3.63, 3.8) is 0 Å². The molecule has 1 amide bonds. The molecule has 1 aliphatic rings. The summed E-state index contributed by atoms with van der Waals surface area (Å²) < 4.78 is 6.57. The summed E-state index contributed by atoms with van der Waals surface area (Å²) in [6.07, 6.45) is 3.95. The third kappa shape index (κ3) is 3.07. The van der Waals surface area contributed by atoms with Crippen molar-refractivity contribution in [1.82, 2.24) is 4.98 Å². The van der Waals surface area contributed by atoms with E-state index in [2.05, 4.69) is 22.4 Å². The van der Waals surface area contributed by atoms with Crippen molar-refractivity contribution in [2.45, 2.75) is 38.0 Å². The van der Waals surface area contributed by atoms with E-state index >= 15 is 0 Å². The van der Waals surface area contributed by atoms with Gasteiger partial charge in [-0.25, -0.2) is 4.98 Å². The minimum atomic E-state index is -0.435. The Kier molecular flexibility index (Phi) is 4.64. The largest absolute Gasteiger partial charge is 0.494 e. The standard InChI is InChI=1S/C21H22N2O2S/c1-2-25-16-10-11-17-18(14-16)26-20(22-17)23-19(24)21(12-6-7-13-21)15-8-4-3-5-9-15/h3-5,8-11,14H,2,6-7,12-13H2,1H3,(H,22,23,24). The van der Waals surface area contributed by atoms with Crippen LogP contribution in [0.2, 0.25) is 0 Å². The summed E-state index contributed by atoms with van der Waals surface area (Å²) in [7, 11) is 0. The highest BCUT2D eigenvalue weighted by atomic mass is 32.1. The summed E-state index contributed by atoms with van der Waals surface area (Å²) in [6.45, 7) is 2.60. The number of ether oxygens (including phenoxy) is 1. The zero-order valence-electron chi connectivity index (χ0n) is 14.8. The lowest BCUT2D eigenvalue weighted by Crippen LogP contribution is -2.37. The second kappa shape index (κ2) is 7.08. The molecule has 2 aromatic carbocycles. The normalized spacial score (nSPS) is 15.9. The van der Waals surface area contributed by atoms with Gasteiger partial charge >= 0.3 is 0 Å². The van der Waals surface area contributed by atoms with Gasteiger partial charge in [0.2, 0.25) is 5.91 Å². The molecular formula is C21H22N2O2S. The number of rotatable bonds is 5. The van der Waals surface area contributed by atoms with Gasteiger partial charge in [-0.15, -0.1) is 0 Å². The summed E-state index contributed by atoms with van der Waals surface area (Å²) >= 11 is 1.50. The van der Waals surface area contributed by atoms with E-state index < -0.39 is 5.41 Å². The number of benzene rings is 2. The Balaban J connectivity index is 1.61. The van der Waals surface area contributed by atoms with Gasteiger partial charge < -0.3 is 10.1 Å². The van der Waals surface area contributed by atoms with Crippen LogP contribution in [-0.4, -0.2) is 17.5 Å². The fourth-order valence-electron chi connectivity index (χ4n) is 3.81. The molecule has 1 saturated carbocycles. The van der Waals surface area contributed by atoms with E-state index in [-0.39, 0.29) is 5.91 Å². The maximum atomic E-state index is 13.2. The van der Waals surface area contributed by atoms with Crippen LogP contribution in [0.5, 0.6) is 5.75 Å². The predicted octanol–water partition coefficient (Wildman–Crippen LogP) is 5.15. The maximum Gasteiger partial charge on any atom is 0.236 e. The van der Waals surface area contributed by atoms with Crippen molar-refractivity contribution in [2.75, 3.05) is 11.9 Å². The number of thiazole rings is 1. The number of anilines is 1. The summed E-state index contributed by atoms with van der Waals surface area (Å²) in [5.74, 6) is 0.892. The molecule has 4 nitrogen and oxygen atoms in total. The van der Waals surface area contributed by atoms with E-state index in [9.17, 15) is 4.79 Å². The van der Waals surface area contributed by atoms with Crippen molar-refractivity contribution in [1.29, 1.82) is 0 Å². The van der Waals surface area contributed by atoms with Crippen LogP contribution >= 0.6 is 11.3 Å².